The fourth-order valence-corrected chi connectivity index (χ4v) is 1.46. The first-order valence-electron chi connectivity index (χ1n) is 5.99. The molecule has 2 heteroatoms. The number of rotatable bonds is 6. The summed E-state index contributed by atoms with van der Waals surface area (Å²) in [6.45, 7) is 7.28. The lowest BCUT2D eigenvalue weighted by Gasteiger charge is -2.12. The largest absolute Gasteiger partial charge is 0.497 e. The van der Waals surface area contributed by atoms with Crippen LogP contribution < -0.4 is 9.47 Å². The van der Waals surface area contributed by atoms with Gasteiger partial charge in [-0.15, -0.1) is 0 Å². The van der Waals surface area contributed by atoms with Crippen LogP contribution in [0.3, 0.4) is 0 Å². The molecule has 0 aliphatic carbocycles. The molecule has 16 heavy (non-hydrogen) atoms. The molecule has 0 aliphatic heterocycles. The predicted octanol–water partition coefficient (Wildman–Crippen LogP) is 4.00. The first-order valence-corrected chi connectivity index (χ1v) is 5.99. The zero-order chi connectivity index (χ0) is 12.0. The highest BCUT2D eigenvalue weighted by Crippen LogP contribution is 2.27. The van der Waals surface area contributed by atoms with Gasteiger partial charge in [-0.1, -0.05) is 27.2 Å². The van der Waals surface area contributed by atoms with Crippen LogP contribution in [0.15, 0.2) is 18.2 Å². The topological polar surface area (TPSA) is 18.5 Å². The Labute approximate surface area is 98.6 Å². The number of hydrogen-bond acceptors (Lipinski definition) is 2. The number of benzene rings is 1. The Morgan fingerprint density at radius 2 is 1.81 bits per heavy atom. The summed E-state index contributed by atoms with van der Waals surface area (Å²) in [4.78, 5) is 0. The minimum absolute atomic E-state index is 0.489. The average molecular weight is 222 g/mol. The van der Waals surface area contributed by atoms with E-state index in [1.165, 1.54) is 5.56 Å². The molecular weight excluding hydrogens is 200 g/mol. The summed E-state index contributed by atoms with van der Waals surface area (Å²) in [7, 11) is 1.69. The molecule has 0 amide bonds. The normalized spacial score (nSPS) is 10.6. The van der Waals surface area contributed by atoms with Gasteiger partial charge in [0.2, 0.25) is 0 Å². The van der Waals surface area contributed by atoms with Crippen molar-refractivity contribution >= 4 is 0 Å². The summed E-state index contributed by atoms with van der Waals surface area (Å²) in [5.41, 5.74) is 1.26. The molecule has 0 heterocycles. The summed E-state index contributed by atoms with van der Waals surface area (Å²) in [6, 6.07) is 6.11. The summed E-state index contributed by atoms with van der Waals surface area (Å²) in [6.07, 6.45) is 2.25. The fourth-order valence-electron chi connectivity index (χ4n) is 1.46. The van der Waals surface area contributed by atoms with E-state index in [0.29, 0.717) is 5.92 Å². The summed E-state index contributed by atoms with van der Waals surface area (Å²) in [5.74, 6) is 2.28. The van der Waals surface area contributed by atoms with Gasteiger partial charge in [-0.25, -0.2) is 0 Å². The molecule has 0 aliphatic rings. The Bertz CT molecular complexity index is 319. The van der Waals surface area contributed by atoms with Gasteiger partial charge in [-0.05, 0) is 30.0 Å². The fraction of sp³-hybridized carbons (Fsp3) is 0.571. The van der Waals surface area contributed by atoms with Crippen molar-refractivity contribution in [2.45, 2.75) is 39.5 Å². The molecule has 0 radical (unpaired) electrons. The standard InChI is InChI=1S/C14H22O2/c1-5-6-7-16-14-9-12(11(2)3)8-13(10-14)15-4/h8-11H,5-7H2,1-4H3. The highest BCUT2D eigenvalue weighted by molar-refractivity contribution is 5.39. The molecule has 0 spiro atoms. The van der Waals surface area contributed by atoms with Gasteiger partial charge < -0.3 is 9.47 Å². The molecule has 1 aromatic carbocycles. The third kappa shape index (κ3) is 3.76. The maximum atomic E-state index is 5.70. The first-order chi connectivity index (χ1) is 7.67. The Hall–Kier alpha value is -1.18. The van der Waals surface area contributed by atoms with Gasteiger partial charge in [0.15, 0.2) is 0 Å². The molecule has 0 saturated carbocycles. The minimum atomic E-state index is 0.489. The molecule has 0 unspecified atom stereocenters. The maximum Gasteiger partial charge on any atom is 0.123 e. The van der Waals surface area contributed by atoms with Gasteiger partial charge in [-0.2, -0.15) is 0 Å². The van der Waals surface area contributed by atoms with Crippen LogP contribution in [-0.4, -0.2) is 13.7 Å². The van der Waals surface area contributed by atoms with E-state index in [1.54, 1.807) is 7.11 Å². The van der Waals surface area contributed by atoms with E-state index in [-0.39, 0.29) is 0 Å². The summed E-state index contributed by atoms with van der Waals surface area (Å²) in [5, 5.41) is 0. The van der Waals surface area contributed by atoms with E-state index in [1.807, 2.05) is 6.07 Å². The molecule has 0 fully saturated rings. The third-order valence-corrected chi connectivity index (χ3v) is 2.57. The van der Waals surface area contributed by atoms with Gasteiger partial charge in [0.25, 0.3) is 0 Å². The molecule has 0 N–H and O–H groups in total. The third-order valence-electron chi connectivity index (χ3n) is 2.57. The van der Waals surface area contributed by atoms with Crippen LogP contribution >= 0.6 is 0 Å². The van der Waals surface area contributed by atoms with Gasteiger partial charge in [0.1, 0.15) is 11.5 Å². The van der Waals surface area contributed by atoms with E-state index in [0.717, 1.165) is 30.9 Å². The molecule has 1 aromatic rings. The van der Waals surface area contributed by atoms with Crippen LogP contribution in [0.5, 0.6) is 11.5 Å². The number of unbranched alkanes of at least 4 members (excludes halogenated alkanes) is 1. The molecule has 2 nitrogen and oxygen atoms in total. The minimum Gasteiger partial charge on any atom is -0.497 e. The van der Waals surface area contributed by atoms with Gasteiger partial charge in [0, 0.05) is 6.07 Å². The van der Waals surface area contributed by atoms with Crippen LogP contribution in [0.1, 0.15) is 45.1 Å². The van der Waals surface area contributed by atoms with E-state index < -0.39 is 0 Å². The van der Waals surface area contributed by atoms with Crippen molar-refractivity contribution in [1.29, 1.82) is 0 Å². The second-order valence-corrected chi connectivity index (χ2v) is 4.30. The van der Waals surface area contributed by atoms with Crippen molar-refractivity contribution in [3.8, 4) is 11.5 Å². The van der Waals surface area contributed by atoms with Crippen LogP contribution in [0, 0.1) is 0 Å². The van der Waals surface area contributed by atoms with Crippen molar-refractivity contribution in [2.75, 3.05) is 13.7 Å². The maximum absolute atomic E-state index is 5.70. The first kappa shape index (κ1) is 12.9. The van der Waals surface area contributed by atoms with Crippen LogP contribution in [-0.2, 0) is 0 Å². The average Bonchev–Trinajstić information content (AvgIpc) is 2.29. The number of methoxy groups -OCH3 is 1. The lowest BCUT2D eigenvalue weighted by atomic mass is 10.0. The molecule has 1 rings (SSSR count). The molecular formula is C14H22O2. The second kappa shape index (κ2) is 6.41. The highest BCUT2D eigenvalue weighted by atomic mass is 16.5. The molecule has 0 atom stereocenters. The molecule has 0 saturated heterocycles. The van der Waals surface area contributed by atoms with Crippen molar-refractivity contribution in [3.63, 3.8) is 0 Å². The van der Waals surface area contributed by atoms with Gasteiger partial charge in [0.05, 0.1) is 13.7 Å². The quantitative estimate of drug-likeness (QED) is 0.677. The Balaban J connectivity index is 2.78. The predicted molar refractivity (Wildman–Crippen MR) is 67.5 cm³/mol. The van der Waals surface area contributed by atoms with Crippen molar-refractivity contribution < 1.29 is 9.47 Å². The Morgan fingerprint density at radius 1 is 1.12 bits per heavy atom. The smallest absolute Gasteiger partial charge is 0.123 e. The van der Waals surface area contributed by atoms with E-state index in [2.05, 4.69) is 32.9 Å². The van der Waals surface area contributed by atoms with Crippen LogP contribution in [0.25, 0.3) is 0 Å². The van der Waals surface area contributed by atoms with E-state index in [4.69, 9.17) is 9.47 Å². The highest BCUT2D eigenvalue weighted by Gasteiger charge is 2.05. The molecule has 0 bridgehead atoms. The van der Waals surface area contributed by atoms with Crippen molar-refractivity contribution in [2.24, 2.45) is 0 Å². The van der Waals surface area contributed by atoms with Crippen LogP contribution in [0.4, 0.5) is 0 Å². The molecule has 90 valence electrons. The lowest BCUT2D eigenvalue weighted by molar-refractivity contribution is 0.306. The van der Waals surface area contributed by atoms with Crippen molar-refractivity contribution in [1.82, 2.24) is 0 Å². The summed E-state index contributed by atoms with van der Waals surface area (Å²) < 4.78 is 11.0. The van der Waals surface area contributed by atoms with Crippen LogP contribution in [0.2, 0.25) is 0 Å². The van der Waals surface area contributed by atoms with Gasteiger partial charge in [-0.3, -0.25) is 0 Å². The number of ether oxygens (including phenoxy) is 2. The summed E-state index contributed by atoms with van der Waals surface area (Å²) >= 11 is 0. The zero-order valence-electron chi connectivity index (χ0n) is 10.7. The molecule has 0 aromatic heterocycles. The number of hydrogen-bond donors (Lipinski definition) is 0. The van der Waals surface area contributed by atoms with Crippen molar-refractivity contribution in [3.05, 3.63) is 23.8 Å². The van der Waals surface area contributed by atoms with E-state index >= 15 is 0 Å². The monoisotopic (exact) mass is 222 g/mol. The van der Waals surface area contributed by atoms with Gasteiger partial charge >= 0.3 is 0 Å². The lowest BCUT2D eigenvalue weighted by Crippen LogP contribution is -1.98. The SMILES string of the molecule is CCCCOc1cc(OC)cc(C(C)C)c1. The Morgan fingerprint density at radius 3 is 2.38 bits per heavy atom. The zero-order valence-corrected chi connectivity index (χ0v) is 10.7. The second-order valence-electron chi connectivity index (χ2n) is 4.30. The Kier molecular flexibility index (Phi) is 5.17. The van der Waals surface area contributed by atoms with E-state index in [9.17, 15) is 0 Å².